The van der Waals surface area contributed by atoms with Gasteiger partial charge in [-0.1, -0.05) is 0 Å². The molecule has 1 aliphatic rings. The Kier molecular flexibility index (Phi) is 5.28. The van der Waals surface area contributed by atoms with Crippen LogP contribution in [0.5, 0.6) is 0 Å². The van der Waals surface area contributed by atoms with Crippen molar-refractivity contribution in [2.45, 2.75) is 39.8 Å². The van der Waals surface area contributed by atoms with Gasteiger partial charge in [0.05, 0.1) is 24.4 Å². The standard InChI is InChI=1S/C24H24N4O4S/c1-13-14(2)33-22-21(13)23(30)28(12-25-22)9-7-20(29)27-8-6-19-17(11-27)16-10-15(24(31)32-3)4-5-18(16)26-19/h4-5,10,12,26H,6-9,11H2,1-3H3. The molecule has 0 atom stereocenters. The van der Waals surface area contributed by atoms with Gasteiger partial charge in [-0.3, -0.25) is 14.2 Å². The van der Waals surface area contributed by atoms with E-state index in [9.17, 15) is 14.4 Å². The average Bonchev–Trinajstić information content (AvgIpc) is 3.33. The number of hydrogen-bond donors (Lipinski definition) is 1. The molecule has 0 spiro atoms. The number of fused-ring (bicyclic) bond motifs is 4. The first kappa shape index (κ1) is 21.4. The highest BCUT2D eigenvalue weighted by atomic mass is 32.1. The molecule has 1 N–H and O–H groups in total. The molecule has 1 aromatic carbocycles. The van der Waals surface area contributed by atoms with E-state index in [0.717, 1.165) is 37.4 Å². The van der Waals surface area contributed by atoms with Gasteiger partial charge in [0.2, 0.25) is 5.91 Å². The molecule has 4 aromatic rings. The molecule has 4 heterocycles. The van der Waals surface area contributed by atoms with Crippen molar-refractivity contribution in [1.29, 1.82) is 0 Å². The summed E-state index contributed by atoms with van der Waals surface area (Å²) < 4.78 is 6.37. The molecule has 33 heavy (non-hydrogen) atoms. The summed E-state index contributed by atoms with van der Waals surface area (Å²) in [5.41, 5.74) is 4.40. The van der Waals surface area contributed by atoms with Crippen LogP contribution in [0.3, 0.4) is 0 Å². The van der Waals surface area contributed by atoms with E-state index in [2.05, 4.69) is 9.97 Å². The number of aryl methyl sites for hydroxylation is 3. The minimum atomic E-state index is -0.386. The summed E-state index contributed by atoms with van der Waals surface area (Å²) in [6, 6.07) is 5.42. The van der Waals surface area contributed by atoms with Crippen LogP contribution in [0.4, 0.5) is 0 Å². The highest BCUT2D eigenvalue weighted by Crippen LogP contribution is 2.29. The lowest BCUT2D eigenvalue weighted by Gasteiger charge is -2.27. The van der Waals surface area contributed by atoms with Crippen LogP contribution in [-0.4, -0.2) is 45.0 Å². The Morgan fingerprint density at radius 1 is 1.27 bits per heavy atom. The van der Waals surface area contributed by atoms with E-state index in [0.29, 0.717) is 37.0 Å². The minimum absolute atomic E-state index is 0.00987. The van der Waals surface area contributed by atoms with Crippen LogP contribution >= 0.6 is 11.3 Å². The number of amides is 1. The van der Waals surface area contributed by atoms with E-state index in [4.69, 9.17) is 4.74 Å². The van der Waals surface area contributed by atoms with Gasteiger partial charge in [-0.15, -0.1) is 11.3 Å². The zero-order chi connectivity index (χ0) is 23.3. The van der Waals surface area contributed by atoms with Gasteiger partial charge in [0, 0.05) is 59.5 Å². The highest BCUT2D eigenvalue weighted by molar-refractivity contribution is 7.18. The van der Waals surface area contributed by atoms with Crippen LogP contribution in [0, 0.1) is 13.8 Å². The van der Waals surface area contributed by atoms with Crippen molar-refractivity contribution >= 4 is 44.3 Å². The molecule has 170 valence electrons. The summed E-state index contributed by atoms with van der Waals surface area (Å²) in [4.78, 5) is 49.3. The number of ether oxygens (including phenoxy) is 1. The van der Waals surface area contributed by atoms with E-state index in [1.54, 1.807) is 6.07 Å². The minimum Gasteiger partial charge on any atom is -0.465 e. The van der Waals surface area contributed by atoms with E-state index >= 15 is 0 Å². The third kappa shape index (κ3) is 3.62. The Hall–Kier alpha value is -3.46. The van der Waals surface area contributed by atoms with Crippen molar-refractivity contribution in [3.8, 4) is 0 Å². The average molecular weight is 465 g/mol. The third-order valence-electron chi connectivity index (χ3n) is 6.47. The number of nitrogens with one attached hydrogen (secondary N) is 1. The summed E-state index contributed by atoms with van der Waals surface area (Å²) >= 11 is 1.52. The Morgan fingerprint density at radius 2 is 2.09 bits per heavy atom. The number of benzene rings is 1. The van der Waals surface area contributed by atoms with Gasteiger partial charge in [0.1, 0.15) is 4.83 Å². The molecule has 3 aromatic heterocycles. The Morgan fingerprint density at radius 3 is 2.88 bits per heavy atom. The topological polar surface area (TPSA) is 97.3 Å². The van der Waals surface area contributed by atoms with Crippen molar-refractivity contribution in [3.63, 3.8) is 0 Å². The predicted octanol–water partition coefficient (Wildman–Crippen LogP) is 3.32. The van der Waals surface area contributed by atoms with Crippen molar-refractivity contribution in [3.05, 3.63) is 62.1 Å². The van der Waals surface area contributed by atoms with Crippen LogP contribution in [0.2, 0.25) is 0 Å². The lowest BCUT2D eigenvalue weighted by Crippen LogP contribution is -2.36. The number of H-pyrrole nitrogens is 1. The number of esters is 1. The zero-order valence-electron chi connectivity index (χ0n) is 18.7. The molecule has 0 unspecified atom stereocenters. The smallest absolute Gasteiger partial charge is 0.337 e. The molecule has 0 bridgehead atoms. The number of rotatable bonds is 4. The molecule has 0 saturated carbocycles. The van der Waals surface area contributed by atoms with Gasteiger partial charge < -0.3 is 14.6 Å². The zero-order valence-corrected chi connectivity index (χ0v) is 19.5. The van der Waals surface area contributed by atoms with Gasteiger partial charge in [0.15, 0.2) is 0 Å². The summed E-state index contributed by atoms with van der Waals surface area (Å²) in [6.07, 6.45) is 2.47. The van der Waals surface area contributed by atoms with Crippen LogP contribution < -0.4 is 5.56 Å². The van der Waals surface area contributed by atoms with E-state index in [1.807, 2.05) is 30.9 Å². The van der Waals surface area contributed by atoms with Crippen molar-refractivity contribution < 1.29 is 14.3 Å². The van der Waals surface area contributed by atoms with Crippen LogP contribution in [0.1, 0.15) is 38.5 Å². The molecule has 0 fully saturated rings. The number of thiophene rings is 1. The number of aromatic amines is 1. The Bertz CT molecular complexity index is 1480. The van der Waals surface area contributed by atoms with Crippen molar-refractivity contribution in [2.75, 3.05) is 13.7 Å². The second-order valence-corrected chi connectivity index (χ2v) is 9.56. The number of aromatic nitrogens is 3. The van der Waals surface area contributed by atoms with Crippen molar-refractivity contribution in [2.24, 2.45) is 0 Å². The lowest BCUT2D eigenvalue weighted by atomic mass is 10.0. The first-order valence-electron chi connectivity index (χ1n) is 10.8. The number of methoxy groups -OCH3 is 1. The second kappa shape index (κ2) is 8.15. The summed E-state index contributed by atoms with van der Waals surface area (Å²) in [6.45, 7) is 5.29. The summed E-state index contributed by atoms with van der Waals surface area (Å²) in [5.74, 6) is -0.396. The van der Waals surface area contributed by atoms with Crippen LogP contribution in [0.25, 0.3) is 21.1 Å². The maximum absolute atomic E-state index is 13.0. The van der Waals surface area contributed by atoms with E-state index < -0.39 is 0 Å². The van der Waals surface area contributed by atoms with Gasteiger partial charge >= 0.3 is 5.97 Å². The fourth-order valence-electron chi connectivity index (χ4n) is 4.48. The number of carbonyl (C=O) groups is 2. The number of hydrogen-bond acceptors (Lipinski definition) is 6. The molecule has 1 amide bonds. The monoisotopic (exact) mass is 464 g/mol. The normalized spacial score (nSPS) is 13.5. The maximum atomic E-state index is 13.0. The lowest BCUT2D eigenvalue weighted by molar-refractivity contribution is -0.132. The van der Waals surface area contributed by atoms with Gasteiger partial charge in [-0.2, -0.15) is 0 Å². The molecular formula is C24H24N4O4S. The summed E-state index contributed by atoms with van der Waals surface area (Å²) in [5, 5.41) is 1.58. The first-order valence-corrected chi connectivity index (χ1v) is 11.6. The first-order chi connectivity index (χ1) is 15.9. The quantitative estimate of drug-likeness (QED) is 0.468. The molecule has 1 aliphatic heterocycles. The highest BCUT2D eigenvalue weighted by Gasteiger charge is 2.25. The van der Waals surface area contributed by atoms with Crippen LogP contribution in [-0.2, 0) is 29.0 Å². The fraction of sp³-hybridized carbons (Fsp3) is 0.333. The fourth-order valence-corrected chi connectivity index (χ4v) is 5.46. The van der Waals surface area contributed by atoms with E-state index in [-0.39, 0.29) is 23.9 Å². The Labute approximate surface area is 193 Å². The molecular weight excluding hydrogens is 440 g/mol. The second-order valence-electron chi connectivity index (χ2n) is 8.36. The predicted molar refractivity (Wildman–Crippen MR) is 127 cm³/mol. The maximum Gasteiger partial charge on any atom is 0.337 e. The largest absolute Gasteiger partial charge is 0.465 e. The van der Waals surface area contributed by atoms with Gasteiger partial charge in [-0.25, -0.2) is 9.78 Å². The van der Waals surface area contributed by atoms with E-state index in [1.165, 1.54) is 29.3 Å². The Balaban J connectivity index is 1.35. The molecule has 0 saturated heterocycles. The SMILES string of the molecule is COC(=O)c1ccc2[nH]c3c(c2c1)CN(C(=O)CCn1cnc2sc(C)c(C)c2c1=O)CC3. The van der Waals surface area contributed by atoms with Gasteiger partial charge in [-0.05, 0) is 37.6 Å². The molecule has 8 nitrogen and oxygen atoms in total. The molecule has 0 aliphatic carbocycles. The van der Waals surface area contributed by atoms with Crippen LogP contribution in [0.15, 0.2) is 29.3 Å². The number of nitrogens with zero attached hydrogens (tertiary/aromatic N) is 3. The molecule has 0 radical (unpaired) electrons. The number of carbonyl (C=O) groups excluding carboxylic acids is 2. The summed E-state index contributed by atoms with van der Waals surface area (Å²) in [7, 11) is 1.36. The van der Waals surface area contributed by atoms with Gasteiger partial charge in [0.25, 0.3) is 5.56 Å². The van der Waals surface area contributed by atoms with Crippen molar-refractivity contribution in [1.82, 2.24) is 19.4 Å². The third-order valence-corrected chi connectivity index (χ3v) is 7.59. The molecule has 9 heteroatoms. The molecule has 5 rings (SSSR count).